The van der Waals surface area contributed by atoms with E-state index in [1.807, 2.05) is 24.3 Å². The van der Waals surface area contributed by atoms with Crippen LogP contribution in [0.5, 0.6) is 0 Å². The molecule has 0 aromatic heterocycles. The van der Waals surface area contributed by atoms with E-state index in [0.717, 1.165) is 21.7 Å². The monoisotopic (exact) mass is 398 g/mol. The second-order valence-corrected chi connectivity index (χ2v) is 6.49. The van der Waals surface area contributed by atoms with Crippen molar-refractivity contribution in [3.63, 3.8) is 0 Å². The first kappa shape index (κ1) is 18.7. The van der Waals surface area contributed by atoms with Gasteiger partial charge >= 0.3 is 0 Å². The summed E-state index contributed by atoms with van der Waals surface area (Å²) in [5.74, 6) is -6.73. The zero-order valence-corrected chi connectivity index (χ0v) is 14.8. The Hall–Kier alpha value is -3.68. The highest BCUT2D eigenvalue weighted by Gasteiger charge is 2.35. The number of fused-ring (bicyclic) bond motifs is 2. The number of halogens is 3. The van der Waals surface area contributed by atoms with Crippen LogP contribution in [0.4, 0.5) is 13.2 Å². The molecule has 0 saturated heterocycles. The molecule has 3 amide bonds. The van der Waals surface area contributed by atoms with Crippen molar-refractivity contribution < 1.29 is 27.6 Å². The molecule has 0 fully saturated rings. The number of nitrogens with one attached hydrogen (secondary N) is 1. The minimum Gasteiger partial charge on any atom is -0.350 e. The Balaban J connectivity index is 1.47. The van der Waals surface area contributed by atoms with Crippen LogP contribution in [0.2, 0.25) is 0 Å². The molecule has 0 radical (unpaired) electrons. The van der Waals surface area contributed by atoms with Gasteiger partial charge in [0.15, 0.2) is 17.5 Å². The number of amides is 3. The van der Waals surface area contributed by atoms with Gasteiger partial charge in [0.05, 0.1) is 16.7 Å². The zero-order chi connectivity index (χ0) is 20.7. The van der Waals surface area contributed by atoms with E-state index in [-0.39, 0.29) is 24.2 Å². The molecule has 1 heterocycles. The minimum atomic E-state index is -1.75. The molecule has 1 N–H and O–H groups in total. The lowest BCUT2D eigenvalue weighted by Gasteiger charge is -2.14. The van der Waals surface area contributed by atoms with Gasteiger partial charge in [0.1, 0.15) is 0 Å². The number of hydrogen-bond donors (Lipinski definition) is 1. The minimum absolute atomic E-state index is 0.153. The lowest BCUT2D eigenvalue weighted by atomic mass is 10.0. The predicted octanol–water partition coefficient (Wildman–Crippen LogP) is 3.28. The lowest BCUT2D eigenvalue weighted by Crippen LogP contribution is -2.38. The van der Waals surface area contributed by atoms with Crippen LogP contribution in [0.25, 0.3) is 10.8 Å². The first-order valence-corrected chi connectivity index (χ1v) is 8.69. The summed E-state index contributed by atoms with van der Waals surface area (Å²) in [6.45, 7) is -0.331. The van der Waals surface area contributed by atoms with Gasteiger partial charge in [-0.2, -0.15) is 0 Å². The largest absolute Gasteiger partial charge is 0.350 e. The second-order valence-electron chi connectivity index (χ2n) is 6.49. The third-order valence-corrected chi connectivity index (χ3v) is 4.74. The highest BCUT2D eigenvalue weighted by atomic mass is 19.2. The Bertz CT molecular complexity index is 1140. The molecule has 8 heteroatoms. The maximum Gasteiger partial charge on any atom is 0.261 e. The Morgan fingerprint density at radius 2 is 1.45 bits per heavy atom. The van der Waals surface area contributed by atoms with Crippen molar-refractivity contribution in [1.29, 1.82) is 0 Å². The van der Waals surface area contributed by atoms with Crippen LogP contribution in [-0.2, 0) is 0 Å². The van der Waals surface area contributed by atoms with E-state index in [4.69, 9.17) is 0 Å². The molecule has 0 unspecified atom stereocenters. The van der Waals surface area contributed by atoms with Gasteiger partial charge in [0.25, 0.3) is 17.7 Å². The average molecular weight is 398 g/mol. The standard InChI is InChI=1S/C21H13F3N2O3/c22-16-6-5-13(17(23)18(16)24)19(27)25-7-8-26-20(28)14-9-11-3-1-2-4-12(11)10-15(14)21(26)29/h1-6,9-10H,7-8H2,(H,25,27). The maximum absolute atomic E-state index is 13.7. The van der Waals surface area contributed by atoms with Gasteiger partial charge in [-0.15, -0.1) is 0 Å². The Morgan fingerprint density at radius 1 is 0.862 bits per heavy atom. The molecular weight excluding hydrogens is 385 g/mol. The summed E-state index contributed by atoms with van der Waals surface area (Å²) in [4.78, 5) is 38.1. The van der Waals surface area contributed by atoms with E-state index >= 15 is 0 Å². The topological polar surface area (TPSA) is 66.5 Å². The summed E-state index contributed by atoms with van der Waals surface area (Å²) in [6, 6.07) is 12.0. The molecule has 3 aromatic rings. The van der Waals surface area contributed by atoms with E-state index in [1.54, 1.807) is 12.1 Å². The van der Waals surface area contributed by atoms with Crippen LogP contribution in [0.3, 0.4) is 0 Å². The van der Waals surface area contributed by atoms with Crippen LogP contribution in [0.15, 0.2) is 48.5 Å². The summed E-state index contributed by atoms with van der Waals surface area (Å²) >= 11 is 0. The van der Waals surface area contributed by atoms with Gasteiger partial charge in [-0.25, -0.2) is 13.2 Å². The molecule has 5 nitrogen and oxygen atoms in total. The van der Waals surface area contributed by atoms with Crippen LogP contribution in [-0.4, -0.2) is 35.7 Å². The number of carbonyl (C=O) groups is 3. The lowest BCUT2D eigenvalue weighted by molar-refractivity contribution is 0.0649. The van der Waals surface area contributed by atoms with Gasteiger partial charge in [-0.05, 0) is 35.0 Å². The van der Waals surface area contributed by atoms with Crippen LogP contribution in [0, 0.1) is 17.5 Å². The molecule has 1 aliphatic heterocycles. The molecule has 3 aromatic carbocycles. The molecule has 146 valence electrons. The van der Waals surface area contributed by atoms with Crippen molar-refractivity contribution in [3.8, 4) is 0 Å². The summed E-state index contributed by atoms with van der Waals surface area (Å²) in [7, 11) is 0. The van der Waals surface area contributed by atoms with Gasteiger partial charge < -0.3 is 5.32 Å². The number of rotatable bonds is 4. The van der Waals surface area contributed by atoms with Gasteiger partial charge in [-0.1, -0.05) is 24.3 Å². The quantitative estimate of drug-likeness (QED) is 0.542. The van der Waals surface area contributed by atoms with E-state index in [9.17, 15) is 27.6 Å². The van der Waals surface area contributed by atoms with E-state index in [1.165, 1.54) is 0 Å². The van der Waals surface area contributed by atoms with E-state index in [2.05, 4.69) is 5.32 Å². The van der Waals surface area contributed by atoms with E-state index in [0.29, 0.717) is 6.07 Å². The summed E-state index contributed by atoms with van der Waals surface area (Å²) < 4.78 is 39.9. The fourth-order valence-electron chi connectivity index (χ4n) is 3.26. The Kier molecular flexibility index (Phi) is 4.54. The molecule has 4 rings (SSSR count). The number of hydrogen-bond acceptors (Lipinski definition) is 3. The van der Waals surface area contributed by atoms with Gasteiger partial charge in [0.2, 0.25) is 0 Å². The Labute approximate surface area is 162 Å². The normalized spacial score (nSPS) is 13.1. The number of carbonyl (C=O) groups excluding carboxylic acids is 3. The summed E-state index contributed by atoms with van der Waals surface area (Å²) in [5.41, 5.74) is -0.129. The van der Waals surface area contributed by atoms with Crippen molar-refractivity contribution in [3.05, 3.63) is 82.7 Å². The van der Waals surface area contributed by atoms with Crippen molar-refractivity contribution in [2.24, 2.45) is 0 Å². The molecule has 1 aliphatic rings. The molecule has 0 saturated carbocycles. The fourth-order valence-corrected chi connectivity index (χ4v) is 3.26. The first-order chi connectivity index (χ1) is 13.9. The molecule has 0 aliphatic carbocycles. The fraction of sp³-hybridized carbons (Fsp3) is 0.0952. The molecule has 0 bridgehead atoms. The van der Waals surface area contributed by atoms with Crippen molar-refractivity contribution in [2.45, 2.75) is 0 Å². The molecular formula is C21H13F3N2O3. The number of nitrogens with zero attached hydrogens (tertiary/aromatic N) is 1. The van der Waals surface area contributed by atoms with Crippen molar-refractivity contribution >= 4 is 28.5 Å². The highest BCUT2D eigenvalue weighted by Crippen LogP contribution is 2.27. The predicted molar refractivity (Wildman–Crippen MR) is 98.0 cm³/mol. The smallest absolute Gasteiger partial charge is 0.261 e. The number of benzene rings is 3. The van der Waals surface area contributed by atoms with Crippen LogP contribution < -0.4 is 5.32 Å². The molecule has 0 spiro atoms. The van der Waals surface area contributed by atoms with E-state index < -0.39 is 40.7 Å². The zero-order valence-electron chi connectivity index (χ0n) is 14.8. The Morgan fingerprint density at radius 3 is 2.03 bits per heavy atom. The van der Waals surface area contributed by atoms with Gasteiger partial charge in [-0.3, -0.25) is 19.3 Å². The SMILES string of the molecule is O=C(NCCN1C(=O)c2cc3ccccc3cc2C1=O)c1ccc(F)c(F)c1F. The molecule has 29 heavy (non-hydrogen) atoms. The summed E-state index contributed by atoms with van der Waals surface area (Å²) in [5, 5.41) is 3.93. The van der Waals surface area contributed by atoms with Crippen LogP contribution >= 0.6 is 0 Å². The number of imide groups is 1. The average Bonchev–Trinajstić information content (AvgIpc) is 2.94. The van der Waals surface area contributed by atoms with Gasteiger partial charge in [0, 0.05) is 13.1 Å². The highest BCUT2D eigenvalue weighted by molar-refractivity contribution is 6.23. The van der Waals surface area contributed by atoms with Crippen molar-refractivity contribution in [1.82, 2.24) is 10.2 Å². The molecule has 0 atom stereocenters. The maximum atomic E-state index is 13.7. The second kappa shape index (κ2) is 7.05. The third kappa shape index (κ3) is 3.12. The van der Waals surface area contributed by atoms with Crippen LogP contribution in [0.1, 0.15) is 31.1 Å². The summed E-state index contributed by atoms with van der Waals surface area (Å²) in [6.07, 6.45) is 0. The third-order valence-electron chi connectivity index (χ3n) is 4.74. The first-order valence-electron chi connectivity index (χ1n) is 8.69. The van der Waals surface area contributed by atoms with Crippen molar-refractivity contribution in [2.75, 3.05) is 13.1 Å².